The van der Waals surface area contributed by atoms with E-state index in [1.807, 2.05) is 24.3 Å². The van der Waals surface area contributed by atoms with Crippen molar-refractivity contribution < 1.29 is 14.3 Å². The topological polar surface area (TPSA) is 138 Å². The van der Waals surface area contributed by atoms with Crippen molar-refractivity contribution in [1.82, 2.24) is 15.3 Å². The Labute approximate surface area is 180 Å². The molecule has 2 aromatic rings. The molecule has 0 saturated heterocycles. The number of fused-ring (bicyclic) bond motifs is 1. The second-order valence-corrected chi connectivity index (χ2v) is 7.49. The highest BCUT2D eigenvalue weighted by atomic mass is 16.6. The summed E-state index contributed by atoms with van der Waals surface area (Å²) in [5.41, 5.74) is 15.1. The van der Waals surface area contributed by atoms with Crippen molar-refractivity contribution in [2.75, 3.05) is 13.2 Å². The average Bonchev–Trinajstić information content (AvgIpc) is 2.90. The molecule has 1 saturated carbocycles. The summed E-state index contributed by atoms with van der Waals surface area (Å²) in [6.45, 7) is 0.970. The Kier molecular flexibility index (Phi) is 6.42. The first kappa shape index (κ1) is 20.8. The van der Waals surface area contributed by atoms with E-state index >= 15 is 0 Å². The summed E-state index contributed by atoms with van der Waals surface area (Å²) >= 11 is 0. The summed E-state index contributed by atoms with van der Waals surface area (Å²) in [7, 11) is 0. The van der Waals surface area contributed by atoms with Crippen LogP contribution in [-0.2, 0) is 16.0 Å². The Morgan fingerprint density at radius 1 is 1.19 bits per heavy atom. The SMILES string of the molecule is NCc1ncc(-c2ccc3c(c2)N=C(N)CC(OCCNC(=O)OC2CCC2)=C3)cn1. The van der Waals surface area contributed by atoms with Crippen LogP contribution in [0.15, 0.2) is 41.3 Å². The Hall–Kier alpha value is -3.46. The number of rotatable bonds is 7. The number of amides is 1. The summed E-state index contributed by atoms with van der Waals surface area (Å²) in [5.74, 6) is 1.74. The summed E-state index contributed by atoms with van der Waals surface area (Å²) in [4.78, 5) is 24.7. The van der Waals surface area contributed by atoms with E-state index in [2.05, 4.69) is 20.3 Å². The van der Waals surface area contributed by atoms with E-state index < -0.39 is 6.09 Å². The molecule has 31 heavy (non-hydrogen) atoms. The Morgan fingerprint density at radius 2 is 2.00 bits per heavy atom. The number of aliphatic imine (C=N–C) groups is 1. The highest BCUT2D eigenvalue weighted by molar-refractivity contribution is 5.90. The number of nitrogens with two attached hydrogens (primary N) is 2. The Balaban J connectivity index is 1.38. The molecule has 0 bridgehead atoms. The van der Waals surface area contributed by atoms with Crippen LogP contribution in [0.2, 0.25) is 0 Å². The molecule has 162 valence electrons. The first-order chi connectivity index (χ1) is 15.1. The summed E-state index contributed by atoms with van der Waals surface area (Å²) in [6.07, 6.45) is 8.48. The fourth-order valence-electron chi connectivity index (χ4n) is 3.26. The number of aromatic nitrogens is 2. The number of hydrogen-bond donors (Lipinski definition) is 3. The number of carbonyl (C=O) groups excluding carboxylic acids is 1. The maximum atomic E-state index is 11.7. The maximum Gasteiger partial charge on any atom is 0.407 e. The van der Waals surface area contributed by atoms with E-state index in [-0.39, 0.29) is 6.10 Å². The first-order valence-electron chi connectivity index (χ1n) is 10.4. The minimum absolute atomic E-state index is 0.0630. The molecule has 1 amide bonds. The van der Waals surface area contributed by atoms with Gasteiger partial charge in [0.25, 0.3) is 0 Å². The standard InChI is InChI=1S/C22H26N6O3/c23-11-21-26-12-16(13-27-21)14-4-5-15-8-18(10-20(24)28-19(15)9-14)30-7-6-25-22(29)31-17-2-1-3-17/h4-5,8-9,12-13,17H,1-3,6-7,10-11,23H2,(H2,24,28)(H,25,29). The molecule has 9 heteroatoms. The molecule has 1 aromatic heterocycles. The third-order valence-electron chi connectivity index (χ3n) is 5.17. The second kappa shape index (κ2) is 9.57. The molecule has 0 spiro atoms. The van der Waals surface area contributed by atoms with Crippen LogP contribution in [0.4, 0.5) is 10.5 Å². The lowest BCUT2D eigenvalue weighted by molar-refractivity contribution is 0.0512. The number of ether oxygens (including phenoxy) is 2. The van der Waals surface area contributed by atoms with Crippen LogP contribution in [0.1, 0.15) is 37.1 Å². The van der Waals surface area contributed by atoms with Crippen LogP contribution in [0.25, 0.3) is 17.2 Å². The molecular formula is C22H26N6O3. The predicted octanol–water partition coefficient (Wildman–Crippen LogP) is 2.63. The molecule has 0 radical (unpaired) electrons. The van der Waals surface area contributed by atoms with Crippen molar-refractivity contribution in [3.63, 3.8) is 0 Å². The maximum absolute atomic E-state index is 11.7. The number of nitrogens with zero attached hydrogens (tertiary/aromatic N) is 3. The minimum Gasteiger partial charge on any atom is -0.496 e. The van der Waals surface area contributed by atoms with Crippen LogP contribution in [0.5, 0.6) is 0 Å². The first-order valence-corrected chi connectivity index (χ1v) is 10.4. The van der Waals surface area contributed by atoms with Crippen molar-refractivity contribution in [1.29, 1.82) is 0 Å². The predicted molar refractivity (Wildman–Crippen MR) is 117 cm³/mol. The van der Waals surface area contributed by atoms with E-state index in [0.29, 0.717) is 43.5 Å². The highest BCUT2D eigenvalue weighted by Gasteiger charge is 2.21. The summed E-state index contributed by atoms with van der Waals surface area (Å²) < 4.78 is 11.1. The van der Waals surface area contributed by atoms with Crippen molar-refractivity contribution in [3.05, 3.63) is 47.7 Å². The largest absolute Gasteiger partial charge is 0.496 e. The molecule has 5 N–H and O–H groups in total. The molecule has 0 atom stereocenters. The number of nitrogens with one attached hydrogen (secondary N) is 1. The Morgan fingerprint density at radius 3 is 2.71 bits per heavy atom. The molecule has 2 heterocycles. The van der Waals surface area contributed by atoms with Gasteiger partial charge in [-0.25, -0.2) is 19.8 Å². The minimum atomic E-state index is -0.398. The van der Waals surface area contributed by atoms with E-state index in [1.54, 1.807) is 12.4 Å². The van der Waals surface area contributed by atoms with Gasteiger partial charge in [-0.2, -0.15) is 0 Å². The van der Waals surface area contributed by atoms with Gasteiger partial charge in [0.1, 0.15) is 30.1 Å². The fourth-order valence-corrected chi connectivity index (χ4v) is 3.26. The second-order valence-electron chi connectivity index (χ2n) is 7.49. The Bertz CT molecular complexity index is 999. The number of alkyl carbamates (subject to hydrolysis) is 1. The van der Waals surface area contributed by atoms with Gasteiger partial charge < -0.3 is 26.3 Å². The number of benzene rings is 1. The molecule has 9 nitrogen and oxygen atoms in total. The molecular weight excluding hydrogens is 396 g/mol. The fraction of sp³-hybridized carbons (Fsp3) is 0.364. The normalized spacial score (nSPS) is 15.6. The van der Waals surface area contributed by atoms with E-state index in [9.17, 15) is 4.79 Å². The zero-order valence-electron chi connectivity index (χ0n) is 17.2. The zero-order valence-corrected chi connectivity index (χ0v) is 17.2. The third kappa shape index (κ3) is 5.37. The van der Waals surface area contributed by atoms with Crippen LogP contribution in [0, 0.1) is 0 Å². The van der Waals surface area contributed by atoms with Crippen LogP contribution >= 0.6 is 0 Å². The van der Waals surface area contributed by atoms with Crippen LogP contribution in [-0.4, -0.2) is 41.2 Å². The van der Waals surface area contributed by atoms with Gasteiger partial charge in [0.05, 0.1) is 25.2 Å². The van der Waals surface area contributed by atoms with Crippen LogP contribution < -0.4 is 16.8 Å². The van der Waals surface area contributed by atoms with Crippen molar-refractivity contribution in [2.24, 2.45) is 16.5 Å². The van der Waals surface area contributed by atoms with Gasteiger partial charge >= 0.3 is 6.09 Å². The summed E-state index contributed by atoms with van der Waals surface area (Å²) in [6, 6.07) is 5.88. The lowest BCUT2D eigenvalue weighted by Crippen LogP contribution is -2.34. The van der Waals surface area contributed by atoms with Gasteiger partial charge in [0.2, 0.25) is 0 Å². The van der Waals surface area contributed by atoms with Crippen molar-refractivity contribution in [2.45, 2.75) is 38.3 Å². The van der Waals surface area contributed by atoms with Crippen molar-refractivity contribution >= 4 is 23.7 Å². The van der Waals surface area contributed by atoms with E-state index in [4.69, 9.17) is 20.9 Å². The van der Waals surface area contributed by atoms with Gasteiger partial charge in [-0.15, -0.1) is 0 Å². The molecule has 1 fully saturated rings. The molecule has 1 aliphatic carbocycles. The lowest BCUT2D eigenvalue weighted by Gasteiger charge is -2.25. The van der Waals surface area contributed by atoms with Crippen LogP contribution in [0.3, 0.4) is 0 Å². The third-order valence-corrected chi connectivity index (χ3v) is 5.17. The van der Waals surface area contributed by atoms with Gasteiger partial charge in [0.15, 0.2) is 0 Å². The molecule has 4 rings (SSSR count). The monoisotopic (exact) mass is 422 g/mol. The van der Waals surface area contributed by atoms with E-state index in [1.165, 1.54) is 0 Å². The lowest BCUT2D eigenvalue weighted by atomic mass is 9.96. The molecule has 0 unspecified atom stereocenters. The van der Waals surface area contributed by atoms with Gasteiger partial charge in [-0.05, 0) is 37.0 Å². The number of amidine groups is 1. The highest BCUT2D eigenvalue weighted by Crippen LogP contribution is 2.31. The van der Waals surface area contributed by atoms with E-state index in [0.717, 1.165) is 41.6 Å². The molecule has 1 aliphatic heterocycles. The summed E-state index contributed by atoms with van der Waals surface area (Å²) in [5, 5.41) is 2.71. The van der Waals surface area contributed by atoms with Gasteiger partial charge in [-0.3, -0.25) is 0 Å². The molecule has 1 aromatic carbocycles. The number of hydrogen-bond acceptors (Lipinski definition) is 8. The molecule has 2 aliphatic rings. The van der Waals surface area contributed by atoms with Gasteiger partial charge in [0, 0.05) is 23.5 Å². The smallest absolute Gasteiger partial charge is 0.407 e. The quantitative estimate of drug-likeness (QED) is 0.583. The average molecular weight is 422 g/mol. The number of carbonyl (C=O) groups is 1. The zero-order chi connectivity index (χ0) is 21.6. The van der Waals surface area contributed by atoms with Crippen molar-refractivity contribution in [3.8, 4) is 11.1 Å². The van der Waals surface area contributed by atoms with Gasteiger partial charge in [-0.1, -0.05) is 12.1 Å².